The van der Waals surface area contributed by atoms with Crippen LogP contribution in [0, 0.1) is 0 Å². The molecule has 88 valence electrons. The van der Waals surface area contributed by atoms with Crippen LogP contribution in [0.3, 0.4) is 0 Å². The molecule has 0 amide bonds. The Labute approximate surface area is 116 Å². The fourth-order valence-corrected chi connectivity index (χ4v) is 2.81. The molecule has 0 aromatic heterocycles. The third-order valence-corrected chi connectivity index (χ3v) is 4.17. The van der Waals surface area contributed by atoms with Gasteiger partial charge >= 0.3 is 0 Å². The Bertz CT molecular complexity index is 480. The van der Waals surface area contributed by atoms with Gasteiger partial charge in [-0.1, -0.05) is 41.9 Å². The number of hydrogen-bond acceptors (Lipinski definition) is 1. The highest BCUT2D eigenvalue weighted by atomic mass is 35.5. The summed E-state index contributed by atoms with van der Waals surface area (Å²) in [5.41, 5.74) is 2.31. The number of rotatable bonds is 4. The smallest absolute Gasteiger partial charge is 0.0474 e. The highest BCUT2D eigenvalue weighted by molar-refractivity contribution is 7.98. The van der Waals surface area contributed by atoms with Gasteiger partial charge in [0.25, 0.3) is 0 Å². The Morgan fingerprint density at radius 1 is 0.941 bits per heavy atom. The molecule has 0 atom stereocenters. The molecule has 0 saturated heterocycles. The van der Waals surface area contributed by atoms with Gasteiger partial charge in [0.2, 0.25) is 0 Å². The highest BCUT2D eigenvalue weighted by Gasteiger charge is 2.00. The second-order valence-electron chi connectivity index (χ2n) is 3.66. The molecule has 0 N–H and O–H groups in total. The first-order valence-electron chi connectivity index (χ1n) is 5.30. The molecule has 17 heavy (non-hydrogen) atoms. The molecule has 3 heteroatoms. The molecule has 0 aliphatic rings. The lowest BCUT2D eigenvalue weighted by atomic mass is 10.2. The topological polar surface area (TPSA) is 0 Å². The van der Waals surface area contributed by atoms with E-state index < -0.39 is 0 Å². The van der Waals surface area contributed by atoms with Crippen molar-refractivity contribution in [1.82, 2.24) is 0 Å². The van der Waals surface area contributed by atoms with E-state index in [4.69, 9.17) is 23.2 Å². The normalized spacial score (nSPS) is 10.5. The zero-order chi connectivity index (χ0) is 12.1. The van der Waals surface area contributed by atoms with Crippen molar-refractivity contribution < 1.29 is 0 Å². The first-order valence-corrected chi connectivity index (χ1v) is 7.20. The highest BCUT2D eigenvalue weighted by Crippen LogP contribution is 2.26. The Morgan fingerprint density at radius 2 is 1.65 bits per heavy atom. The maximum Gasteiger partial charge on any atom is 0.0474 e. The summed E-state index contributed by atoms with van der Waals surface area (Å²) >= 11 is 13.6. The first kappa shape index (κ1) is 12.8. The molecule has 0 unspecified atom stereocenters. The largest absolute Gasteiger partial charge is 0.122 e. The molecule has 0 radical (unpaired) electrons. The van der Waals surface area contributed by atoms with E-state index in [0.29, 0.717) is 5.88 Å². The number of hydrogen-bond donors (Lipinski definition) is 0. The number of thioether (sulfide) groups is 1. The molecule has 0 bridgehead atoms. The van der Waals surface area contributed by atoms with Crippen LogP contribution in [0.4, 0.5) is 0 Å². The van der Waals surface area contributed by atoms with Crippen LogP contribution >= 0.6 is 35.0 Å². The van der Waals surface area contributed by atoms with E-state index in [0.717, 1.165) is 16.3 Å². The fourth-order valence-electron chi connectivity index (χ4n) is 1.45. The van der Waals surface area contributed by atoms with Crippen LogP contribution in [0.1, 0.15) is 11.1 Å². The lowest BCUT2D eigenvalue weighted by Gasteiger charge is -2.04. The summed E-state index contributed by atoms with van der Waals surface area (Å²) in [6, 6.07) is 16.3. The van der Waals surface area contributed by atoms with Crippen molar-refractivity contribution in [3.63, 3.8) is 0 Å². The Morgan fingerprint density at radius 3 is 2.29 bits per heavy atom. The molecular formula is C14H12Cl2S. The van der Waals surface area contributed by atoms with Crippen molar-refractivity contribution in [2.75, 3.05) is 0 Å². The summed E-state index contributed by atoms with van der Waals surface area (Å²) in [5.74, 6) is 1.45. The monoisotopic (exact) mass is 282 g/mol. The molecule has 0 aliphatic heterocycles. The second kappa shape index (κ2) is 6.34. The third kappa shape index (κ3) is 3.67. The lowest BCUT2D eigenvalue weighted by Crippen LogP contribution is -1.82. The number of halogens is 2. The molecule has 0 aliphatic carbocycles. The van der Waals surface area contributed by atoms with Crippen LogP contribution < -0.4 is 0 Å². The average molecular weight is 283 g/mol. The molecule has 0 nitrogen and oxygen atoms in total. The van der Waals surface area contributed by atoms with Gasteiger partial charge in [0.1, 0.15) is 0 Å². The third-order valence-electron chi connectivity index (χ3n) is 2.43. The molecular weight excluding hydrogens is 271 g/mol. The van der Waals surface area contributed by atoms with Gasteiger partial charge in [0, 0.05) is 21.6 Å². The van der Waals surface area contributed by atoms with Gasteiger partial charge in [0.05, 0.1) is 0 Å². The van der Waals surface area contributed by atoms with E-state index in [1.807, 2.05) is 18.2 Å². The maximum absolute atomic E-state index is 6.11. The van der Waals surface area contributed by atoms with E-state index in [1.165, 1.54) is 10.5 Å². The SMILES string of the molecule is ClCc1ccc(SCc2ccccc2Cl)cc1. The fraction of sp³-hybridized carbons (Fsp3) is 0.143. The van der Waals surface area contributed by atoms with E-state index in [9.17, 15) is 0 Å². The minimum Gasteiger partial charge on any atom is -0.122 e. The van der Waals surface area contributed by atoms with Crippen LogP contribution in [0.2, 0.25) is 5.02 Å². The van der Waals surface area contributed by atoms with Gasteiger partial charge in [-0.2, -0.15) is 0 Å². The van der Waals surface area contributed by atoms with E-state index in [2.05, 4.69) is 30.3 Å². The summed E-state index contributed by atoms with van der Waals surface area (Å²) in [5, 5.41) is 0.831. The molecule has 0 heterocycles. The zero-order valence-electron chi connectivity index (χ0n) is 9.20. The van der Waals surface area contributed by atoms with Crippen molar-refractivity contribution in [1.29, 1.82) is 0 Å². The van der Waals surface area contributed by atoms with E-state index >= 15 is 0 Å². The molecule has 0 spiro atoms. The van der Waals surface area contributed by atoms with Gasteiger partial charge in [-0.25, -0.2) is 0 Å². The van der Waals surface area contributed by atoms with Crippen LogP contribution in [-0.4, -0.2) is 0 Å². The quantitative estimate of drug-likeness (QED) is 0.537. The predicted molar refractivity (Wildman–Crippen MR) is 77.0 cm³/mol. The van der Waals surface area contributed by atoms with Crippen molar-refractivity contribution >= 4 is 35.0 Å². The van der Waals surface area contributed by atoms with Crippen molar-refractivity contribution in [3.05, 3.63) is 64.7 Å². The summed E-state index contributed by atoms with van der Waals surface area (Å²) in [6.07, 6.45) is 0. The molecule has 2 aromatic rings. The predicted octanol–water partition coefficient (Wildman–Crippen LogP) is 5.37. The van der Waals surface area contributed by atoms with Gasteiger partial charge in [0.15, 0.2) is 0 Å². The molecule has 2 aromatic carbocycles. The van der Waals surface area contributed by atoms with Gasteiger partial charge in [-0.05, 0) is 29.3 Å². The van der Waals surface area contributed by atoms with Gasteiger partial charge in [-0.3, -0.25) is 0 Å². The van der Waals surface area contributed by atoms with Crippen LogP contribution in [0.15, 0.2) is 53.4 Å². The Balaban J connectivity index is 2.00. The average Bonchev–Trinajstić information content (AvgIpc) is 2.38. The van der Waals surface area contributed by atoms with Crippen molar-refractivity contribution in [2.24, 2.45) is 0 Å². The van der Waals surface area contributed by atoms with Crippen LogP contribution in [0.5, 0.6) is 0 Å². The molecule has 2 rings (SSSR count). The minimum atomic E-state index is 0.565. The van der Waals surface area contributed by atoms with Crippen LogP contribution in [-0.2, 0) is 11.6 Å². The number of alkyl halides is 1. The standard InChI is InChI=1S/C14H12Cl2S/c15-9-11-5-7-13(8-6-11)17-10-12-3-1-2-4-14(12)16/h1-8H,9-10H2. The van der Waals surface area contributed by atoms with Crippen molar-refractivity contribution in [2.45, 2.75) is 16.5 Å². The lowest BCUT2D eigenvalue weighted by molar-refractivity contribution is 1.33. The Kier molecular flexibility index (Phi) is 4.78. The van der Waals surface area contributed by atoms with Crippen molar-refractivity contribution in [3.8, 4) is 0 Å². The molecule has 0 fully saturated rings. The van der Waals surface area contributed by atoms with E-state index in [-0.39, 0.29) is 0 Å². The zero-order valence-corrected chi connectivity index (χ0v) is 11.5. The van der Waals surface area contributed by atoms with E-state index in [1.54, 1.807) is 11.8 Å². The summed E-state index contributed by atoms with van der Waals surface area (Å²) in [7, 11) is 0. The summed E-state index contributed by atoms with van der Waals surface area (Å²) < 4.78 is 0. The van der Waals surface area contributed by atoms with Crippen LogP contribution in [0.25, 0.3) is 0 Å². The summed E-state index contributed by atoms with van der Waals surface area (Å²) in [6.45, 7) is 0. The van der Waals surface area contributed by atoms with Gasteiger partial charge < -0.3 is 0 Å². The first-order chi connectivity index (χ1) is 8.29. The summed E-state index contributed by atoms with van der Waals surface area (Å²) in [4.78, 5) is 1.23. The Hall–Kier alpha value is -0.630. The maximum atomic E-state index is 6.11. The minimum absolute atomic E-state index is 0.565. The van der Waals surface area contributed by atoms with Gasteiger partial charge in [-0.15, -0.1) is 23.4 Å². The molecule has 0 saturated carbocycles. The number of benzene rings is 2. The second-order valence-corrected chi connectivity index (χ2v) is 5.38.